The van der Waals surface area contributed by atoms with E-state index in [4.69, 9.17) is 9.47 Å². The van der Waals surface area contributed by atoms with Gasteiger partial charge >= 0.3 is 6.03 Å². The second kappa shape index (κ2) is 5.85. The van der Waals surface area contributed by atoms with E-state index in [1.165, 1.54) is 0 Å². The van der Waals surface area contributed by atoms with Crippen molar-refractivity contribution in [3.8, 4) is 17.2 Å². The molecule has 1 unspecified atom stereocenters. The highest BCUT2D eigenvalue weighted by Gasteiger charge is 2.64. The maximum absolute atomic E-state index is 12.3. The number of urea groups is 1. The number of rotatable bonds is 4. The van der Waals surface area contributed by atoms with Crippen molar-refractivity contribution < 1.29 is 19.1 Å². The molecule has 1 aromatic carbocycles. The first kappa shape index (κ1) is 16.6. The molecule has 4 aliphatic rings. The number of hydrogen-bond acceptors (Lipinski definition) is 5. The number of amides is 3. The van der Waals surface area contributed by atoms with Crippen LogP contribution in [0.3, 0.4) is 0 Å². The second-order valence-corrected chi connectivity index (χ2v) is 8.10. The van der Waals surface area contributed by atoms with Crippen molar-refractivity contribution >= 4 is 17.8 Å². The molecule has 6 rings (SSSR count). The summed E-state index contributed by atoms with van der Waals surface area (Å²) in [5.41, 5.74) is 1.37. The number of benzene rings is 1. The smallest absolute Gasteiger partial charge is 0.315 e. The van der Waals surface area contributed by atoms with Gasteiger partial charge in [-0.05, 0) is 43.5 Å². The molecule has 3 N–H and O–H groups in total. The highest BCUT2D eigenvalue weighted by Crippen LogP contribution is 2.58. The molecule has 2 atom stereocenters. The van der Waals surface area contributed by atoms with Crippen molar-refractivity contribution in [2.75, 3.05) is 5.32 Å². The minimum atomic E-state index is -0.473. The molecular formula is C21H20N4O4. The van der Waals surface area contributed by atoms with E-state index in [9.17, 15) is 9.59 Å². The van der Waals surface area contributed by atoms with Crippen molar-refractivity contribution in [1.82, 2.24) is 15.6 Å². The Morgan fingerprint density at radius 2 is 2.17 bits per heavy atom. The molecule has 3 amide bonds. The number of pyridine rings is 1. The van der Waals surface area contributed by atoms with Crippen LogP contribution in [0, 0.1) is 0 Å². The number of carbonyl (C=O) groups is 2. The molecule has 2 aliphatic carbocycles. The number of ether oxygens (including phenoxy) is 2. The molecular weight excluding hydrogens is 372 g/mol. The van der Waals surface area contributed by atoms with Gasteiger partial charge < -0.3 is 25.4 Å². The summed E-state index contributed by atoms with van der Waals surface area (Å²) < 4.78 is 12.1. The number of fused-ring (bicyclic) bond motifs is 4. The van der Waals surface area contributed by atoms with Crippen LogP contribution in [0.25, 0.3) is 0 Å². The van der Waals surface area contributed by atoms with Gasteiger partial charge in [0.25, 0.3) is 0 Å². The van der Waals surface area contributed by atoms with Gasteiger partial charge in [-0.1, -0.05) is 0 Å². The molecule has 148 valence electrons. The standard InChI is InChI=1S/C21H20N4O4/c26-18-6-4-13-15(7-8-22-19(13)24-18)28-12-3-5-16-14(9-12)21(10-17(21)29-16)25-20(27)23-11-1-2-11/h3,5,7-9,11,17H,1-2,4,6,10H2,(H,22,24,26)(H2,23,25,27)/t17-,21?/m0/s1. The van der Waals surface area contributed by atoms with Crippen LogP contribution in [0.4, 0.5) is 10.6 Å². The third-order valence-electron chi connectivity index (χ3n) is 5.95. The van der Waals surface area contributed by atoms with Crippen LogP contribution in [-0.4, -0.2) is 29.1 Å². The molecule has 3 heterocycles. The molecule has 2 aromatic rings. The Bertz CT molecular complexity index is 1050. The van der Waals surface area contributed by atoms with Gasteiger partial charge in [-0.3, -0.25) is 4.79 Å². The predicted octanol–water partition coefficient (Wildman–Crippen LogP) is 2.58. The Morgan fingerprint density at radius 3 is 3.03 bits per heavy atom. The molecule has 1 aromatic heterocycles. The summed E-state index contributed by atoms with van der Waals surface area (Å²) in [5.74, 6) is 2.64. The lowest BCUT2D eigenvalue weighted by molar-refractivity contribution is -0.116. The maximum Gasteiger partial charge on any atom is 0.315 e. The first-order chi connectivity index (χ1) is 14.1. The van der Waals surface area contributed by atoms with E-state index in [1.54, 1.807) is 12.3 Å². The van der Waals surface area contributed by atoms with Gasteiger partial charge in [-0.15, -0.1) is 0 Å². The quantitative estimate of drug-likeness (QED) is 0.742. The van der Waals surface area contributed by atoms with E-state index in [-0.39, 0.29) is 18.0 Å². The van der Waals surface area contributed by atoms with Gasteiger partial charge in [0.2, 0.25) is 5.91 Å². The fraction of sp³-hybridized carbons (Fsp3) is 0.381. The Kier molecular flexibility index (Phi) is 3.36. The first-order valence-corrected chi connectivity index (χ1v) is 9.96. The number of anilines is 1. The number of nitrogens with one attached hydrogen (secondary N) is 3. The van der Waals surface area contributed by atoms with Gasteiger partial charge in [-0.2, -0.15) is 0 Å². The molecule has 2 saturated carbocycles. The Hall–Kier alpha value is -3.29. The van der Waals surface area contributed by atoms with Crippen LogP contribution in [0.5, 0.6) is 17.2 Å². The molecule has 29 heavy (non-hydrogen) atoms. The van der Waals surface area contributed by atoms with E-state index >= 15 is 0 Å². The molecule has 0 radical (unpaired) electrons. The normalized spacial score (nSPS) is 25.7. The summed E-state index contributed by atoms with van der Waals surface area (Å²) in [6.07, 6.45) is 5.46. The maximum atomic E-state index is 12.3. The van der Waals surface area contributed by atoms with Gasteiger partial charge in [0.1, 0.15) is 34.7 Å². The zero-order valence-electron chi connectivity index (χ0n) is 15.7. The number of nitrogens with zero attached hydrogens (tertiary/aromatic N) is 1. The van der Waals surface area contributed by atoms with Crippen molar-refractivity contribution in [1.29, 1.82) is 0 Å². The van der Waals surface area contributed by atoms with Gasteiger partial charge in [0, 0.05) is 36.2 Å². The third kappa shape index (κ3) is 2.78. The summed E-state index contributed by atoms with van der Waals surface area (Å²) in [5, 5.41) is 8.88. The average molecular weight is 392 g/mol. The fourth-order valence-electron chi connectivity index (χ4n) is 4.17. The molecule has 2 fully saturated rings. The summed E-state index contributed by atoms with van der Waals surface area (Å²) >= 11 is 0. The van der Waals surface area contributed by atoms with Crippen LogP contribution in [0.15, 0.2) is 30.5 Å². The second-order valence-electron chi connectivity index (χ2n) is 8.10. The molecule has 2 aliphatic heterocycles. The van der Waals surface area contributed by atoms with Crippen LogP contribution in [-0.2, 0) is 16.8 Å². The zero-order chi connectivity index (χ0) is 19.6. The minimum Gasteiger partial charge on any atom is -0.487 e. The fourth-order valence-corrected chi connectivity index (χ4v) is 4.17. The third-order valence-corrected chi connectivity index (χ3v) is 5.95. The van der Waals surface area contributed by atoms with Crippen LogP contribution >= 0.6 is 0 Å². The number of aromatic nitrogens is 1. The number of carbonyl (C=O) groups excluding carboxylic acids is 2. The van der Waals surface area contributed by atoms with E-state index < -0.39 is 5.54 Å². The van der Waals surface area contributed by atoms with Gasteiger partial charge in [-0.25, -0.2) is 9.78 Å². The zero-order valence-corrected chi connectivity index (χ0v) is 15.7. The monoisotopic (exact) mass is 392 g/mol. The number of hydrogen-bond donors (Lipinski definition) is 3. The summed E-state index contributed by atoms with van der Waals surface area (Å²) in [6, 6.07) is 7.64. The van der Waals surface area contributed by atoms with E-state index in [0.717, 1.165) is 36.1 Å². The van der Waals surface area contributed by atoms with Gasteiger partial charge in [0.15, 0.2) is 0 Å². The highest BCUT2D eigenvalue weighted by molar-refractivity contribution is 5.93. The summed E-state index contributed by atoms with van der Waals surface area (Å²) in [7, 11) is 0. The lowest BCUT2D eigenvalue weighted by atomic mass is 10.0. The Balaban J connectivity index is 1.26. The summed E-state index contributed by atoms with van der Waals surface area (Å²) in [4.78, 5) is 28.2. The summed E-state index contributed by atoms with van der Waals surface area (Å²) in [6.45, 7) is 0. The largest absolute Gasteiger partial charge is 0.487 e. The minimum absolute atomic E-state index is 0.0263. The van der Waals surface area contributed by atoms with Crippen LogP contribution < -0.4 is 25.4 Å². The van der Waals surface area contributed by atoms with Crippen molar-refractivity contribution in [2.45, 2.75) is 49.8 Å². The SMILES string of the molecule is O=C1CCc2c(Oc3ccc4c(c3)C3(NC(=O)NC5CC5)C[C@@H]3O4)ccnc2N1. The van der Waals surface area contributed by atoms with Crippen LogP contribution in [0.2, 0.25) is 0 Å². The lowest BCUT2D eigenvalue weighted by Gasteiger charge is -2.20. The highest BCUT2D eigenvalue weighted by atomic mass is 16.5. The Morgan fingerprint density at radius 1 is 1.28 bits per heavy atom. The average Bonchev–Trinajstić information content (AvgIpc) is 3.61. The molecule has 0 saturated heterocycles. The Labute approximate surface area is 167 Å². The predicted molar refractivity (Wildman–Crippen MR) is 103 cm³/mol. The van der Waals surface area contributed by atoms with Crippen molar-refractivity contribution in [3.63, 3.8) is 0 Å². The van der Waals surface area contributed by atoms with Crippen LogP contribution in [0.1, 0.15) is 36.8 Å². The topological polar surface area (TPSA) is 102 Å². The van der Waals surface area contributed by atoms with Gasteiger partial charge in [0.05, 0.1) is 0 Å². The molecule has 0 bridgehead atoms. The van der Waals surface area contributed by atoms with E-state index in [2.05, 4.69) is 20.9 Å². The van der Waals surface area contributed by atoms with E-state index in [0.29, 0.717) is 36.2 Å². The first-order valence-electron chi connectivity index (χ1n) is 9.96. The molecule has 0 spiro atoms. The van der Waals surface area contributed by atoms with E-state index in [1.807, 2.05) is 18.2 Å². The lowest BCUT2D eigenvalue weighted by Crippen LogP contribution is -2.43. The van der Waals surface area contributed by atoms with Crippen molar-refractivity contribution in [2.24, 2.45) is 0 Å². The molecule has 8 heteroatoms. The van der Waals surface area contributed by atoms with Crippen molar-refractivity contribution in [3.05, 3.63) is 41.6 Å². The molecule has 8 nitrogen and oxygen atoms in total.